The first kappa shape index (κ1) is 13.0. The molecule has 0 N–H and O–H groups in total. The van der Waals surface area contributed by atoms with Gasteiger partial charge in [0, 0.05) is 5.56 Å². The minimum atomic E-state index is 0.421. The van der Waals surface area contributed by atoms with Gasteiger partial charge in [0.2, 0.25) is 0 Å². The van der Waals surface area contributed by atoms with Crippen LogP contribution in [0.5, 0.6) is 0 Å². The Morgan fingerprint density at radius 1 is 1.11 bits per heavy atom. The summed E-state index contributed by atoms with van der Waals surface area (Å²) in [4.78, 5) is 0. The van der Waals surface area contributed by atoms with Crippen molar-refractivity contribution in [2.45, 2.75) is 13.3 Å². The topological polar surface area (TPSA) is 23.8 Å². The van der Waals surface area contributed by atoms with Crippen molar-refractivity contribution in [2.24, 2.45) is 0 Å². The Morgan fingerprint density at radius 3 is 2.56 bits per heavy atom. The van der Waals surface area contributed by atoms with Crippen molar-refractivity contribution in [2.75, 3.05) is 0 Å². The van der Waals surface area contributed by atoms with E-state index in [0.29, 0.717) is 16.5 Å². The molecule has 18 heavy (non-hydrogen) atoms. The van der Waals surface area contributed by atoms with E-state index in [2.05, 4.69) is 6.07 Å². The molecule has 0 saturated carbocycles. The number of hydrogen-bond acceptors (Lipinski definition) is 1. The van der Waals surface area contributed by atoms with Gasteiger partial charge in [-0.25, -0.2) is 0 Å². The maximum Gasteiger partial charge on any atom is 0.0670 e. The van der Waals surface area contributed by atoms with E-state index in [-0.39, 0.29) is 0 Å². The van der Waals surface area contributed by atoms with E-state index >= 15 is 0 Å². The molecule has 0 aliphatic carbocycles. The van der Waals surface area contributed by atoms with Crippen LogP contribution in [-0.4, -0.2) is 0 Å². The molecule has 0 fully saturated rings. The molecule has 0 atom stereocenters. The molecule has 0 amide bonds. The van der Waals surface area contributed by atoms with Gasteiger partial charge in [-0.2, -0.15) is 5.26 Å². The van der Waals surface area contributed by atoms with Gasteiger partial charge in [-0.3, -0.25) is 0 Å². The number of halogens is 2. The van der Waals surface area contributed by atoms with Gasteiger partial charge >= 0.3 is 0 Å². The third kappa shape index (κ3) is 2.51. The van der Waals surface area contributed by atoms with Crippen molar-refractivity contribution in [3.8, 4) is 17.2 Å². The zero-order valence-electron chi connectivity index (χ0n) is 9.87. The summed E-state index contributed by atoms with van der Waals surface area (Å²) >= 11 is 12.2. The maximum atomic E-state index is 8.69. The van der Waals surface area contributed by atoms with Crippen LogP contribution in [0.15, 0.2) is 36.4 Å². The number of nitriles is 1. The summed E-state index contributed by atoms with van der Waals surface area (Å²) in [5, 5.41) is 9.80. The monoisotopic (exact) mass is 275 g/mol. The Labute approximate surface area is 117 Å². The van der Waals surface area contributed by atoms with Crippen molar-refractivity contribution in [1.82, 2.24) is 0 Å². The van der Waals surface area contributed by atoms with Gasteiger partial charge in [0.05, 0.1) is 22.5 Å². The van der Waals surface area contributed by atoms with Gasteiger partial charge in [0.15, 0.2) is 0 Å². The number of aryl methyl sites for hydroxylation is 1. The van der Waals surface area contributed by atoms with E-state index in [9.17, 15) is 0 Å². The Bertz CT molecular complexity index is 627. The smallest absolute Gasteiger partial charge is 0.0670 e. The molecule has 0 saturated heterocycles. The maximum absolute atomic E-state index is 8.69. The van der Waals surface area contributed by atoms with Gasteiger partial charge in [-0.1, -0.05) is 53.5 Å². The number of rotatable bonds is 2. The molecule has 0 aliphatic heterocycles. The Balaban J connectivity index is 2.52. The molecule has 0 aromatic heterocycles. The SMILES string of the molecule is Cc1cc(CC#N)ccc1-c1cccc(Cl)c1Cl. The second kappa shape index (κ2) is 5.44. The number of benzene rings is 2. The van der Waals surface area contributed by atoms with Crippen LogP contribution in [0.25, 0.3) is 11.1 Å². The highest BCUT2D eigenvalue weighted by atomic mass is 35.5. The fraction of sp³-hybridized carbons (Fsp3) is 0.133. The fourth-order valence-corrected chi connectivity index (χ4v) is 2.34. The molecule has 2 aromatic rings. The van der Waals surface area contributed by atoms with E-state index in [1.54, 1.807) is 6.07 Å². The average molecular weight is 276 g/mol. The third-order valence-electron chi connectivity index (χ3n) is 2.82. The average Bonchev–Trinajstić information content (AvgIpc) is 2.34. The Morgan fingerprint density at radius 2 is 1.89 bits per heavy atom. The van der Waals surface area contributed by atoms with Crippen molar-refractivity contribution in [3.63, 3.8) is 0 Å². The Kier molecular flexibility index (Phi) is 3.91. The highest BCUT2D eigenvalue weighted by Gasteiger charge is 2.09. The first-order chi connectivity index (χ1) is 8.63. The standard InChI is InChI=1S/C15H11Cl2N/c1-10-9-11(7-8-18)5-6-12(10)13-3-2-4-14(16)15(13)17/h2-6,9H,7H2,1H3. The van der Waals surface area contributed by atoms with Gasteiger partial charge < -0.3 is 0 Å². The highest BCUT2D eigenvalue weighted by Crippen LogP contribution is 2.35. The van der Waals surface area contributed by atoms with Gasteiger partial charge in [-0.15, -0.1) is 0 Å². The van der Waals surface area contributed by atoms with Crippen molar-refractivity contribution in [1.29, 1.82) is 5.26 Å². The molecule has 0 spiro atoms. The van der Waals surface area contributed by atoms with Gasteiger partial charge in [-0.05, 0) is 29.7 Å². The predicted octanol–water partition coefficient (Wildman–Crippen LogP) is 5.03. The lowest BCUT2D eigenvalue weighted by Gasteiger charge is -2.10. The second-order valence-electron chi connectivity index (χ2n) is 4.09. The number of nitrogens with zero attached hydrogens (tertiary/aromatic N) is 1. The first-order valence-electron chi connectivity index (χ1n) is 5.54. The first-order valence-corrected chi connectivity index (χ1v) is 6.30. The minimum absolute atomic E-state index is 0.421. The molecule has 0 unspecified atom stereocenters. The molecule has 0 heterocycles. The van der Waals surface area contributed by atoms with E-state index in [1.165, 1.54) is 0 Å². The van der Waals surface area contributed by atoms with Crippen LogP contribution in [0.1, 0.15) is 11.1 Å². The summed E-state index contributed by atoms with van der Waals surface area (Å²) < 4.78 is 0. The largest absolute Gasteiger partial charge is 0.198 e. The van der Waals surface area contributed by atoms with Crippen LogP contribution in [0.4, 0.5) is 0 Å². The van der Waals surface area contributed by atoms with Crippen molar-refractivity contribution >= 4 is 23.2 Å². The minimum Gasteiger partial charge on any atom is -0.198 e. The van der Waals surface area contributed by atoms with Crippen LogP contribution in [0, 0.1) is 18.3 Å². The van der Waals surface area contributed by atoms with Crippen LogP contribution < -0.4 is 0 Å². The van der Waals surface area contributed by atoms with Crippen molar-refractivity contribution < 1.29 is 0 Å². The van der Waals surface area contributed by atoms with Crippen LogP contribution in [-0.2, 0) is 6.42 Å². The van der Waals surface area contributed by atoms with Gasteiger partial charge in [0.25, 0.3) is 0 Å². The molecule has 90 valence electrons. The highest BCUT2D eigenvalue weighted by molar-refractivity contribution is 6.43. The summed E-state index contributed by atoms with van der Waals surface area (Å²) in [6, 6.07) is 13.7. The van der Waals surface area contributed by atoms with Crippen molar-refractivity contribution in [3.05, 3.63) is 57.6 Å². The molecule has 0 aliphatic rings. The van der Waals surface area contributed by atoms with E-state index in [1.807, 2.05) is 37.3 Å². The second-order valence-corrected chi connectivity index (χ2v) is 4.87. The zero-order valence-corrected chi connectivity index (χ0v) is 11.4. The lowest BCUT2D eigenvalue weighted by atomic mass is 9.97. The van der Waals surface area contributed by atoms with E-state index in [0.717, 1.165) is 22.3 Å². The molecule has 0 bridgehead atoms. The van der Waals surface area contributed by atoms with E-state index < -0.39 is 0 Å². The molecule has 0 radical (unpaired) electrons. The molecule has 1 nitrogen and oxygen atoms in total. The molecular formula is C15H11Cl2N. The van der Waals surface area contributed by atoms with E-state index in [4.69, 9.17) is 28.5 Å². The summed E-state index contributed by atoms with van der Waals surface area (Å²) in [7, 11) is 0. The lowest BCUT2D eigenvalue weighted by molar-refractivity contribution is 1.25. The zero-order chi connectivity index (χ0) is 13.1. The number of hydrogen-bond donors (Lipinski definition) is 0. The quantitative estimate of drug-likeness (QED) is 0.754. The lowest BCUT2D eigenvalue weighted by Crippen LogP contribution is -1.89. The predicted molar refractivity (Wildman–Crippen MR) is 76.0 cm³/mol. The van der Waals surface area contributed by atoms with Crippen LogP contribution in [0.2, 0.25) is 10.0 Å². The fourth-order valence-electron chi connectivity index (χ4n) is 1.94. The molecule has 2 aromatic carbocycles. The molecule has 2 rings (SSSR count). The normalized spacial score (nSPS) is 10.1. The summed E-state index contributed by atoms with van der Waals surface area (Å²) in [5.41, 5.74) is 4.07. The Hall–Kier alpha value is -1.49. The molecule has 3 heteroatoms. The van der Waals surface area contributed by atoms with Gasteiger partial charge in [0.1, 0.15) is 0 Å². The third-order valence-corrected chi connectivity index (χ3v) is 3.63. The van der Waals surface area contributed by atoms with Crippen LogP contribution in [0.3, 0.4) is 0 Å². The summed E-state index contributed by atoms with van der Waals surface area (Å²) in [5.74, 6) is 0. The summed E-state index contributed by atoms with van der Waals surface area (Å²) in [6.45, 7) is 2.01. The molecular weight excluding hydrogens is 265 g/mol. The van der Waals surface area contributed by atoms with Crippen LogP contribution >= 0.6 is 23.2 Å². The summed E-state index contributed by atoms with van der Waals surface area (Å²) in [6.07, 6.45) is 0.421.